The number of hydrogen-bond donors (Lipinski definition) is 2. The van der Waals surface area contributed by atoms with Gasteiger partial charge in [-0.2, -0.15) is 0 Å². The number of benzene rings is 1. The summed E-state index contributed by atoms with van der Waals surface area (Å²) in [5, 5.41) is 11.7. The summed E-state index contributed by atoms with van der Waals surface area (Å²) in [5.74, 6) is -0.749. The number of carbonyl (C=O) groups is 2. The van der Waals surface area contributed by atoms with E-state index in [-0.39, 0.29) is 17.6 Å². The number of thioether (sulfide) groups is 1. The van der Waals surface area contributed by atoms with Crippen molar-refractivity contribution in [1.29, 1.82) is 0 Å². The van der Waals surface area contributed by atoms with Gasteiger partial charge < -0.3 is 10.4 Å². The fourth-order valence-electron chi connectivity index (χ4n) is 2.51. The Bertz CT molecular complexity index is 495. The van der Waals surface area contributed by atoms with Crippen LogP contribution in [0.15, 0.2) is 29.2 Å². The van der Waals surface area contributed by atoms with Crippen molar-refractivity contribution in [2.45, 2.75) is 55.2 Å². The monoisotopic (exact) mass is 307 g/mol. The van der Waals surface area contributed by atoms with Crippen molar-refractivity contribution >= 4 is 23.6 Å². The number of nitrogens with one attached hydrogen (secondary N) is 1. The number of carbonyl (C=O) groups excluding carboxylic acids is 1. The van der Waals surface area contributed by atoms with Crippen molar-refractivity contribution in [3.63, 3.8) is 0 Å². The first kappa shape index (κ1) is 15.9. The van der Waals surface area contributed by atoms with Gasteiger partial charge in [-0.05, 0) is 37.5 Å². The predicted octanol–water partition coefficient (Wildman–Crippen LogP) is 2.85. The van der Waals surface area contributed by atoms with Gasteiger partial charge in [0, 0.05) is 10.9 Å². The fourth-order valence-corrected chi connectivity index (χ4v) is 3.38. The third-order valence-corrected chi connectivity index (χ3v) is 4.77. The molecule has 0 spiro atoms. The summed E-state index contributed by atoms with van der Waals surface area (Å²) in [6.45, 7) is 1.90. The Kier molecular flexibility index (Phi) is 5.67. The van der Waals surface area contributed by atoms with E-state index >= 15 is 0 Å². The minimum absolute atomic E-state index is 0.0304. The Hall–Kier alpha value is -1.49. The van der Waals surface area contributed by atoms with Crippen LogP contribution in [0.5, 0.6) is 0 Å². The highest BCUT2D eigenvalue weighted by molar-refractivity contribution is 8.00. The van der Waals surface area contributed by atoms with Crippen LogP contribution in [0.4, 0.5) is 0 Å². The van der Waals surface area contributed by atoms with E-state index in [0.29, 0.717) is 6.04 Å². The Balaban J connectivity index is 1.84. The van der Waals surface area contributed by atoms with E-state index in [2.05, 4.69) is 5.32 Å². The lowest BCUT2D eigenvalue weighted by Crippen LogP contribution is -2.37. The van der Waals surface area contributed by atoms with E-state index < -0.39 is 5.97 Å². The molecule has 2 N–H and O–H groups in total. The first-order valence-corrected chi connectivity index (χ1v) is 8.20. The van der Waals surface area contributed by atoms with Crippen molar-refractivity contribution in [2.24, 2.45) is 0 Å². The van der Waals surface area contributed by atoms with Crippen molar-refractivity contribution in [2.75, 3.05) is 0 Å². The third-order valence-electron chi connectivity index (χ3n) is 3.66. The summed E-state index contributed by atoms with van der Waals surface area (Å²) in [6, 6.07) is 7.71. The largest absolute Gasteiger partial charge is 0.481 e. The Labute approximate surface area is 129 Å². The van der Waals surface area contributed by atoms with Gasteiger partial charge in [0.25, 0.3) is 0 Å². The van der Waals surface area contributed by atoms with E-state index in [1.54, 1.807) is 12.1 Å². The summed E-state index contributed by atoms with van der Waals surface area (Å²) in [7, 11) is 0. The summed E-state index contributed by atoms with van der Waals surface area (Å²) < 4.78 is 0. The third kappa shape index (κ3) is 5.08. The lowest BCUT2D eigenvalue weighted by atomic mass is 10.2. The number of rotatable bonds is 6. The molecule has 1 aliphatic rings. The standard InChI is InChI=1S/C16H21NO3S/c1-11(16(20)17-13-4-2-3-5-13)21-14-8-6-12(7-9-14)10-15(18)19/h6-9,11,13H,2-5,10H2,1H3,(H,17,20)(H,18,19). The first-order chi connectivity index (χ1) is 10.0. The minimum Gasteiger partial charge on any atom is -0.481 e. The SMILES string of the molecule is CC(Sc1ccc(CC(=O)O)cc1)C(=O)NC1CCCC1. The molecule has 1 unspecified atom stereocenters. The van der Waals surface area contributed by atoms with Crippen LogP contribution >= 0.6 is 11.8 Å². The number of amides is 1. The quantitative estimate of drug-likeness (QED) is 0.793. The molecule has 114 valence electrons. The predicted molar refractivity (Wildman–Crippen MR) is 83.5 cm³/mol. The van der Waals surface area contributed by atoms with E-state index in [4.69, 9.17) is 5.11 Å². The molecular weight excluding hydrogens is 286 g/mol. The fraction of sp³-hybridized carbons (Fsp3) is 0.500. The zero-order valence-electron chi connectivity index (χ0n) is 12.2. The summed E-state index contributed by atoms with van der Waals surface area (Å²) in [6.07, 6.45) is 4.62. The maximum Gasteiger partial charge on any atom is 0.307 e. The van der Waals surface area contributed by atoms with Crippen LogP contribution < -0.4 is 5.32 Å². The van der Waals surface area contributed by atoms with Gasteiger partial charge in [-0.1, -0.05) is 25.0 Å². The molecule has 0 radical (unpaired) electrons. The average Bonchev–Trinajstić information content (AvgIpc) is 2.93. The molecule has 1 aromatic rings. The molecule has 0 saturated heterocycles. The maximum absolute atomic E-state index is 12.1. The van der Waals surface area contributed by atoms with Crippen molar-refractivity contribution in [1.82, 2.24) is 5.32 Å². The van der Waals surface area contributed by atoms with Crippen LogP contribution in [0.25, 0.3) is 0 Å². The second-order valence-corrected chi connectivity index (χ2v) is 6.88. The normalized spacial score (nSPS) is 16.6. The Morgan fingerprint density at radius 2 is 1.90 bits per heavy atom. The lowest BCUT2D eigenvalue weighted by Gasteiger charge is -2.16. The Morgan fingerprint density at radius 1 is 1.29 bits per heavy atom. The van der Waals surface area contributed by atoms with Gasteiger partial charge in [-0.25, -0.2) is 0 Å². The van der Waals surface area contributed by atoms with Crippen LogP contribution in [0.2, 0.25) is 0 Å². The second kappa shape index (κ2) is 7.50. The Morgan fingerprint density at radius 3 is 2.48 bits per heavy atom. The summed E-state index contributed by atoms with van der Waals surface area (Å²) >= 11 is 1.50. The van der Waals surface area contributed by atoms with E-state index in [0.717, 1.165) is 23.3 Å². The number of aliphatic carboxylic acids is 1. The zero-order valence-corrected chi connectivity index (χ0v) is 13.0. The number of carboxylic acid groups (broad SMARTS) is 1. The highest BCUT2D eigenvalue weighted by atomic mass is 32.2. The smallest absolute Gasteiger partial charge is 0.307 e. The number of carboxylic acids is 1. The molecule has 1 fully saturated rings. The molecule has 4 nitrogen and oxygen atoms in total. The maximum atomic E-state index is 12.1. The lowest BCUT2D eigenvalue weighted by molar-refractivity contribution is -0.136. The molecule has 1 aliphatic carbocycles. The number of hydrogen-bond acceptors (Lipinski definition) is 3. The highest BCUT2D eigenvalue weighted by Crippen LogP contribution is 2.25. The molecule has 0 aliphatic heterocycles. The van der Waals surface area contributed by atoms with E-state index in [9.17, 15) is 9.59 Å². The highest BCUT2D eigenvalue weighted by Gasteiger charge is 2.21. The molecule has 2 rings (SSSR count). The van der Waals surface area contributed by atoms with Gasteiger partial charge >= 0.3 is 5.97 Å². The molecule has 0 bridgehead atoms. The molecule has 0 heterocycles. The zero-order chi connectivity index (χ0) is 15.2. The average molecular weight is 307 g/mol. The molecule has 1 atom stereocenters. The van der Waals surface area contributed by atoms with Gasteiger partial charge in [0.2, 0.25) is 5.91 Å². The van der Waals surface area contributed by atoms with Crippen LogP contribution in [0.1, 0.15) is 38.2 Å². The molecule has 0 aromatic heterocycles. The molecule has 21 heavy (non-hydrogen) atoms. The molecule has 5 heteroatoms. The van der Waals surface area contributed by atoms with Crippen LogP contribution in [-0.4, -0.2) is 28.3 Å². The van der Waals surface area contributed by atoms with Crippen LogP contribution in [-0.2, 0) is 16.0 Å². The van der Waals surface area contributed by atoms with Gasteiger partial charge in [0.15, 0.2) is 0 Å². The molecule has 1 saturated carbocycles. The van der Waals surface area contributed by atoms with Gasteiger partial charge in [-0.3, -0.25) is 9.59 Å². The second-order valence-electron chi connectivity index (χ2n) is 5.46. The first-order valence-electron chi connectivity index (χ1n) is 7.32. The summed E-state index contributed by atoms with van der Waals surface area (Å²) in [5.41, 5.74) is 0.773. The van der Waals surface area contributed by atoms with Gasteiger partial charge in [0.05, 0.1) is 11.7 Å². The van der Waals surface area contributed by atoms with Crippen molar-refractivity contribution < 1.29 is 14.7 Å². The van der Waals surface area contributed by atoms with Crippen molar-refractivity contribution in [3.8, 4) is 0 Å². The van der Waals surface area contributed by atoms with Gasteiger partial charge in [0.1, 0.15) is 0 Å². The molecule has 1 aromatic carbocycles. The van der Waals surface area contributed by atoms with Crippen LogP contribution in [0.3, 0.4) is 0 Å². The minimum atomic E-state index is -0.834. The van der Waals surface area contributed by atoms with Gasteiger partial charge in [-0.15, -0.1) is 11.8 Å². The molecular formula is C16H21NO3S. The molecule has 1 amide bonds. The topological polar surface area (TPSA) is 66.4 Å². The van der Waals surface area contributed by atoms with Crippen LogP contribution in [0, 0.1) is 0 Å². The van der Waals surface area contributed by atoms with E-state index in [1.807, 2.05) is 19.1 Å². The van der Waals surface area contributed by atoms with E-state index in [1.165, 1.54) is 24.6 Å². The summed E-state index contributed by atoms with van der Waals surface area (Å²) in [4.78, 5) is 23.7. The van der Waals surface area contributed by atoms with Crippen molar-refractivity contribution in [3.05, 3.63) is 29.8 Å².